The number of allylic oxidation sites excluding steroid dienone is 2. The summed E-state index contributed by atoms with van der Waals surface area (Å²) >= 11 is 1.61. The van der Waals surface area contributed by atoms with E-state index in [1.165, 1.54) is 0 Å². The van der Waals surface area contributed by atoms with Gasteiger partial charge in [0.05, 0.1) is 0 Å². The minimum absolute atomic E-state index is 0.0317. The third-order valence-corrected chi connectivity index (χ3v) is 5.26. The zero-order chi connectivity index (χ0) is 16.1. The molecule has 23 heavy (non-hydrogen) atoms. The first-order valence-electron chi connectivity index (χ1n) is 8.17. The number of rotatable bonds is 4. The van der Waals surface area contributed by atoms with Gasteiger partial charge in [-0.25, -0.2) is 0 Å². The second-order valence-electron chi connectivity index (χ2n) is 6.02. The van der Waals surface area contributed by atoms with Crippen molar-refractivity contribution in [3.05, 3.63) is 40.6 Å². The van der Waals surface area contributed by atoms with Crippen molar-refractivity contribution < 1.29 is 9.59 Å². The molecular weight excluding hydrogens is 308 g/mol. The lowest BCUT2D eigenvalue weighted by atomic mass is 10.0. The van der Waals surface area contributed by atoms with Crippen LogP contribution in [0.5, 0.6) is 0 Å². The fourth-order valence-electron chi connectivity index (χ4n) is 3.04. The van der Waals surface area contributed by atoms with Crippen LogP contribution in [-0.4, -0.2) is 47.8 Å². The van der Waals surface area contributed by atoms with Crippen LogP contribution < -0.4 is 0 Å². The van der Waals surface area contributed by atoms with Gasteiger partial charge in [-0.2, -0.15) is 0 Å². The zero-order valence-electron chi connectivity index (χ0n) is 13.2. The molecule has 0 aromatic carbocycles. The monoisotopic (exact) mass is 330 g/mol. The fourth-order valence-corrected chi connectivity index (χ4v) is 3.66. The summed E-state index contributed by atoms with van der Waals surface area (Å²) in [5.74, 6) is 0.669. The largest absolute Gasteiger partial charge is 0.339 e. The van der Waals surface area contributed by atoms with Crippen LogP contribution in [0, 0.1) is 5.92 Å². The molecule has 0 spiro atoms. The van der Waals surface area contributed by atoms with Crippen LogP contribution >= 0.6 is 11.3 Å². The summed E-state index contributed by atoms with van der Waals surface area (Å²) in [6, 6.07) is 3.96. The Labute approximate surface area is 141 Å². The van der Waals surface area contributed by atoms with Crippen molar-refractivity contribution >= 4 is 29.2 Å². The molecule has 122 valence electrons. The van der Waals surface area contributed by atoms with Crippen LogP contribution in [0.15, 0.2) is 35.7 Å². The Morgan fingerprint density at radius 1 is 1.22 bits per heavy atom. The Kier molecular flexibility index (Phi) is 5.28. The van der Waals surface area contributed by atoms with Gasteiger partial charge < -0.3 is 9.80 Å². The Hall–Kier alpha value is -1.88. The quantitative estimate of drug-likeness (QED) is 0.629. The van der Waals surface area contributed by atoms with Gasteiger partial charge in [-0.05, 0) is 36.3 Å². The van der Waals surface area contributed by atoms with Crippen molar-refractivity contribution in [1.82, 2.24) is 9.80 Å². The lowest BCUT2D eigenvalue weighted by Gasteiger charge is -2.34. The van der Waals surface area contributed by atoms with E-state index in [0.29, 0.717) is 38.5 Å². The molecule has 1 aliphatic heterocycles. The van der Waals surface area contributed by atoms with E-state index in [-0.39, 0.29) is 11.8 Å². The Morgan fingerprint density at radius 3 is 2.65 bits per heavy atom. The number of carbonyl (C=O) groups excluding carboxylic acids is 2. The van der Waals surface area contributed by atoms with Crippen molar-refractivity contribution in [3.63, 3.8) is 0 Å². The first-order chi connectivity index (χ1) is 11.2. The Balaban J connectivity index is 1.45. The summed E-state index contributed by atoms with van der Waals surface area (Å²) in [6.45, 7) is 2.54. The van der Waals surface area contributed by atoms with Gasteiger partial charge in [0.2, 0.25) is 11.8 Å². The molecule has 1 fully saturated rings. The highest BCUT2D eigenvalue weighted by Gasteiger charge is 2.24. The van der Waals surface area contributed by atoms with E-state index in [2.05, 4.69) is 12.2 Å². The molecule has 0 radical (unpaired) electrons. The summed E-state index contributed by atoms with van der Waals surface area (Å²) in [7, 11) is 0. The molecule has 1 aliphatic carbocycles. The van der Waals surface area contributed by atoms with Crippen LogP contribution in [0.1, 0.15) is 24.1 Å². The summed E-state index contributed by atoms with van der Waals surface area (Å²) < 4.78 is 0. The highest BCUT2D eigenvalue weighted by molar-refractivity contribution is 7.10. The topological polar surface area (TPSA) is 40.6 Å². The highest BCUT2D eigenvalue weighted by Crippen LogP contribution is 2.21. The van der Waals surface area contributed by atoms with Gasteiger partial charge in [0.1, 0.15) is 0 Å². The molecule has 4 nitrogen and oxygen atoms in total. The number of nitrogens with zero attached hydrogens (tertiary/aromatic N) is 2. The maximum Gasteiger partial charge on any atom is 0.246 e. The van der Waals surface area contributed by atoms with Crippen LogP contribution in [-0.2, 0) is 9.59 Å². The smallest absolute Gasteiger partial charge is 0.246 e. The van der Waals surface area contributed by atoms with Crippen LogP contribution in [0.25, 0.3) is 6.08 Å². The molecule has 0 N–H and O–H groups in total. The first-order valence-corrected chi connectivity index (χ1v) is 9.05. The average Bonchev–Trinajstić information content (AvgIpc) is 3.26. The molecule has 0 saturated carbocycles. The third kappa shape index (κ3) is 4.32. The second-order valence-corrected chi connectivity index (χ2v) is 7.00. The molecule has 1 atom stereocenters. The molecule has 1 aromatic rings. The minimum atomic E-state index is 0.0317. The van der Waals surface area contributed by atoms with Crippen molar-refractivity contribution in [2.75, 3.05) is 26.2 Å². The van der Waals surface area contributed by atoms with Gasteiger partial charge in [-0.1, -0.05) is 18.2 Å². The summed E-state index contributed by atoms with van der Waals surface area (Å²) in [4.78, 5) is 29.3. The number of thiophene rings is 1. The molecule has 2 heterocycles. The Morgan fingerprint density at radius 2 is 2.00 bits per heavy atom. The molecule has 2 amide bonds. The lowest BCUT2D eigenvalue weighted by molar-refractivity contribution is -0.137. The van der Waals surface area contributed by atoms with E-state index < -0.39 is 0 Å². The molecule has 3 rings (SSSR count). The van der Waals surface area contributed by atoms with Crippen LogP contribution in [0.4, 0.5) is 0 Å². The number of carbonyl (C=O) groups is 2. The zero-order valence-corrected chi connectivity index (χ0v) is 14.0. The van der Waals surface area contributed by atoms with E-state index >= 15 is 0 Å². The maximum atomic E-state index is 12.3. The van der Waals surface area contributed by atoms with E-state index in [1.54, 1.807) is 17.4 Å². The normalized spacial score (nSPS) is 21.3. The maximum absolute atomic E-state index is 12.3. The molecule has 2 aliphatic rings. The molecule has 0 unspecified atom stereocenters. The molecule has 0 bridgehead atoms. The summed E-state index contributed by atoms with van der Waals surface area (Å²) in [5.41, 5.74) is 0. The third-order valence-electron chi connectivity index (χ3n) is 4.43. The fraction of sp³-hybridized carbons (Fsp3) is 0.444. The molecule has 1 aromatic heterocycles. The minimum Gasteiger partial charge on any atom is -0.339 e. The summed E-state index contributed by atoms with van der Waals surface area (Å²) in [6.07, 6.45) is 10.6. The predicted octanol–water partition coefficient (Wildman–Crippen LogP) is 2.79. The highest BCUT2D eigenvalue weighted by atomic mass is 32.1. The van der Waals surface area contributed by atoms with E-state index in [4.69, 9.17) is 0 Å². The average molecular weight is 330 g/mol. The van der Waals surface area contributed by atoms with Crippen molar-refractivity contribution in [2.24, 2.45) is 5.92 Å². The van der Waals surface area contributed by atoms with E-state index in [1.807, 2.05) is 33.4 Å². The van der Waals surface area contributed by atoms with Crippen LogP contribution in [0.3, 0.4) is 0 Å². The number of hydrogen-bond donors (Lipinski definition) is 0. The van der Waals surface area contributed by atoms with Crippen LogP contribution in [0.2, 0.25) is 0 Å². The number of piperazine rings is 1. The SMILES string of the molecule is O=C(/C=C\c1cccs1)N1CCN(C(=O)C[C@@H]2C=CCC2)CC1. The first kappa shape index (κ1) is 16.0. The predicted molar refractivity (Wildman–Crippen MR) is 93.0 cm³/mol. The molecular formula is C18H22N2O2S. The van der Waals surface area contributed by atoms with Gasteiger partial charge in [-0.3, -0.25) is 9.59 Å². The van der Waals surface area contributed by atoms with Crippen molar-refractivity contribution in [3.8, 4) is 0 Å². The number of amides is 2. The summed E-state index contributed by atoms with van der Waals surface area (Å²) in [5, 5.41) is 1.99. The van der Waals surface area contributed by atoms with Gasteiger partial charge in [0.15, 0.2) is 0 Å². The van der Waals surface area contributed by atoms with E-state index in [0.717, 1.165) is 17.7 Å². The molecule has 5 heteroatoms. The van der Waals surface area contributed by atoms with E-state index in [9.17, 15) is 9.59 Å². The van der Waals surface area contributed by atoms with Gasteiger partial charge in [0.25, 0.3) is 0 Å². The van der Waals surface area contributed by atoms with Crippen molar-refractivity contribution in [2.45, 2.75) is 19.3 Å². The van der Waals surface area contributed by atoms with Gasteiger partial charge >= 0.3 is 0 Å². The standard InChI is InChI=1S/C18H22N2O2S/c21-17(8-7-16-6-3-13-23-16)19-9-11-20(12-10-19)18(22)14-15-4-1-2-5-15/h1,3-4,6-8,13,15H,2,5,9-12,14H2/b8-7-/t15-/m1/s1. The lowest BCUT2D eigenvalue weighted by Crippen LogP contribution is -2.50. The van der Waals surface area contributed by atoms with Gasteiger partial charge in [0, 0.05) is 43.6 Å². The van der Waals surface area contributed by atoms with Crippen molar-refractivity contribution in [1.29, 1.82) is 0 Å². The second kappa shape index (κ2) is 7.59. The molecule has 1 saturated heterocycles. The Bertz CT molecular complexity index is 599. The number of hydrogen-bond acceptors (Lipinski definition) is 3. The van der Waals surface area contributed by atoms with Gasteiger partial charge in [-0.15, -0.1) is 11.3 Å².